The Labute approximate surface area is 238 Å². The Hall–Kier alpha value is -2.09. The molecular formula is C34H45N2O4+. The Kier molecular flexibility index (Phi) is 6.52. The maximum atomic E-state index is 11.9. The molecule has 2 aromatic rings. The van der Waals surface area contributed by atoms with Gasteiger partial charge in [0.15, 0.2) is 0 Å². The third-order valence-electron chi connectivity index (χ3n) is 11.8. The van der Waals surface area contributed by atoms with Crippen molar-refractivity contribution in [2.45, 2.75) is 81.5 Å². The average molecular weight is 546 g/mol. The van der Waals surface area contributed by atoms with Crippen molar-refractivity contribution < 1.29 is 24.1 Å². The lowest BCUT2D eigenvalue weighted by Gasteiger charge is -2.55. The topological polar surface area (TPSA) is 60.8 Å². The van der Waals surface area contributed by atoms with Crippen molar-refractivity contribution in [3.05, 3.63) is 65.5 Å². The minimum atomic E-state index is -0.252. The molecule has 1 aromatic heterocycles. The van der Waals surface area contributed by atoms with Crippen LogP contribution in [0.2, 0.25) is 0 Å². The second-order valence-corrected chi connectivity index (χ2v) is 13.5. The molecule has 2 spiro atoms. The van der Waals surface area contributed by atoms with Gasteiger partial charge in [-0.3, -0.25) is 4.98 Å². The maximum absolute atomic E-state index is 11.9. The summed E-state index contributed by atoms with van der Waals surface area (Å²) in [6.45, 7) is 4.78. The van der Waals surface area contributed by atoms with Crippen LogP contribution >= 0.6 is 0 Å². The Bertz CT molecular complexity index is 1350. The molecule has 6 atom stereocenters. The number of ether oxygens (including phenoxy) is 3. The summed E-state index contributed by atoms with van der Waals surface area (Å²) in [6, 6.07) is 9.25. The van der Waals surface area contributed by atoms with Gasteiger partial charge >= 0.3 is 0 Å². The van der Waals surface area contributed by atoms with E-state index in [-0.39, 0.29) is 27.3 Å². The number of nitrogens with zero attached hydrogens (tertiary/aromatic N) is 2. The first kappa shape index (κ1) is 26.8. The number of hydroxylamine groups is 3. The van der Waals surface area contributed by atoms with Gasteiger partial charge in [0.1, 0.15) is 19.1 Å². The van der Waals surface area contributed by atoms with Gasteiger partial charge in [0.25, 0.3) is 0 Å². The number of fused-ring (bicyclic) bond motifs is 2. The van der Waals surface area contributed by atoms with Crippen molar-refractivity contribution in [3.8, 4) is 0 Å². The van der Waals surface area contributed by atoms with Crippen LogP contribution in [-0.2, 0) is 14.2 Å². The van der Waals surface area contributed by atoms with Crippen LogP contribution in [0, 0.1) is 11.3 Å². The van der Waals surface area contributed by atoms with Crippen LogP contribution in [-0.4, -0.2) is 72.6 Å². The molecule has 7 rings (SSSR count). The van der Waals surface area contributed by atoms with Crippen LogP contribution in [0.3, 0.4) is 0 Å². The van der Waals surface area contributed by atoms with E-state index in [1.807, 2.05) is 12.4 Å². The summed E-state index contributed by atoms with van der Waals surface area (Å²) in [7, 11) is 3.42. The number of methoxy groups -OCH3 is 2. The number of quaternary nitrogens is 1. The first-order valence-electron chi connectivity index (χ1n) is 15.4. The van der Waals surface area contributed by atoms with Crippen LogP contribution in [0.15, 0.2) is 60.0 Å². The molecule has 40 heavy (non-hydrogen) atoms. The molecule has 3 heterocycles. The smallest absolute Gasteiger partial charge is 0.132 e. The number of pyridine rings is 1. The van der Waals surface area contributed by atoms with E-state index in [0.29, 0.717) is 38.1 Å². The normalized spacial score (nSPS) is 36.5. The monoisotopic (exact) mass is 545 g/mol. The number of benzene rings is 1. The van der Waals surface area contributed by atoms with Gasteiger partial charge in [-0.25, -0.2) is 5.21 Å². The highest BCUT2D eigenvalue weighted by Crippen LogP contribution is 2.69. The minimum Gasteiger partial charge on any atom is -0.379 e. The van der Waals surface area contributed by atoms with Gasteiger partial charge in [0.2, 0.25) is 0 Å². The molecule has 6 nitrogen and oxygen atoms in total. The van der Waals surface area contributed by atoms with Crippen LogP contribution in [0.5, 0.6) is 0 Å². The number of rotatable bonds is 8. The molecule has 0 amide bonds. The molecule has 3 aliphatic carbocycles. The Morgan fingerprint density at radius 1 is 1.05 bits per heavy atom. The summed E-state index contributed by atoms with van der Waals surface area (Å²) in [5.41, 5.74) is 4.08. The molecule has 1 aromatic carbocycles. The largest absolute Gasteiger partial charge is 0.379 e. The van der Waals surface area contributed by atoms with Crippen molar-refractivity contribution in [1.82, 2.24) is 4.98 Å². The maximum Gasteiger partial charge on any atom is 0.132 e. The molecule has 5 aliphatic rings. The summed E-state index contributed by atoms with van der Waals surface area (Å²) >= 11 is 0. The average Bonchev–Trinajstić information content (AvgIpc) is 3.49. The molecule has 2 saturated carbocycles. The Morgan fingerprint density at radius 2 is 1.88 bits per heavy atom. The lowest BCUT2D eigenvalue weighted by molar-refractivity contribution is -1.12. The number of aromatic nitrogens is 1. The predicted octanol–water partition coefficient (Wildman–Crippen LogP) is 6.34. The fraction of sp³-hybridized carbons (Fsp3) is 0.618. The van der Waals surface area contributed by atoms with E-state index < -0.39 is 0 Å². The second kappa shape index (κ2) is 9.74. The van der Waals surface area contributed by atoms with E-state index in [2.05, 4.69) is 48.3 Å². The summed E-state index contributed by atoms with van der Waals surface area (Å²) in [5, 5.41) is 14.4. The van der Waals surface area contributed by atoms with Crippen LogP contribution in [0.4, 0.5) is 0 Å². The van der Waals surface area contributed by atoms with Gasteiger partial charge in [0, 0.05) is 44.8 Å². The number of hydrogen-bond acceptors (Lipinski definition) is 5. The van der Waals surface area contributed by atoms with Crippen LogP contribution < -0.4 is 0 Å². The van der Waals surface area contributed by atoms with Crippen molar-refractivity contribution in [1.29, 1.82) is 0 Å². The molecular weight excluding hydrogens is 500 g/mol. The van der Waals surface area contributed by atoms with Gasteiger partial charge in [-0.15, -0.1) is 0 Å². The zero-order valence-electron chi connectivity index (χ0n) is 24.4. The third-order valence-corrected chi connectivity index (χ3v) is 11.8. The summed E-state index contributed by atoms with van der Waals surface area (Å²) in [6.07, 6.45) is 17.5. The van der Waals surface area contributed by atoms with E-state index in [4.69, 9.17) is 14.2 Å². The van der Waals surface area contributed by atoms with Gasteiger partial charge in [-0.2, -0.15) is 4.65 Å². The fourth-order valence-electron chi connectivity index (χ4n) is 9.64. The lowest BCUT2D eigenvalue weighted by Crippen LogP contribution is -2.61. The minimum absolute atomic E-state index is 0.00973. The van der Waals surface area contributed by atoms with E-state index in [1.165, 1.54) is 40.3 Å². The summed E-state index contributed by atoms with van der Waals surface area (Å²) < 4.78 is 18.3. The van der Waals surface area contributed by atoms with E-state index >= 15 is 0 Å². The lowest BCUT2D eigenvalue weighted by atomic mass is 9.58. The first-order chi connectivity index (χ1) is 19.4. The van der Waals surface area contributed by atoms with Gasteiger partial charge in [-0.05, 0) is 90.0 Å². The van der Waals surface area contributed by atoms with E-state index in [9.17, 15) is 5.21 Å². The van der Waals surface area contributed by atoms with Gasteiger partial charge in [0.05, 0.1) is 24.4 Å². The van der Waals surface area contributed by atoms with Crippen LogP contribution in [0.1, 0.15) is 69.8 Å². The number of hydrogen-bond donors (Lipinski definition) is 1. The molecule has 2 aliphatic heterocycles. The highest BCUT2D eigenvalue weighted by molar-refractivity contribution is 5.82. The quantitative estimate of drug-likeness (QED) is 0.310. The second-order valence-electron chi connectivity index (χ2n) is 13.5. The van der Waals surface area contributed by atoms with Crippen LogP contribution in [0.25, 0.3) is 10.8 Å². The van der Waals surface area contributed by atoms with Gasteiger partial charge in [-0.1, -0.05) is 31.2 Å². The molecule has 1 saturated heterocycles. The molecule has 2 bridgehead atoms. The standard InChI is InChI=1S/C34H45N2O4/c1-32-12-10-28-21-27-6-7-29(36(37,16-18-38-2)17-19-39-3)22-33(27)13-14-34(28,40-33)31(32)9-8-30(32)25-5-4-24-11-15-35-23-26(24)20-25/h4-5,10-11,15,20-21,23,29-31,37H,6-9,12-14,16-19,22H2,1-3H3/q+1/t29-,30+,31+,32+,33+,34+/m0/s1. The molecule has 3 fully saturated rings. The first-order valence-corrected chi connectivity index (χ1v) is 15.4. The molecule has 214 valence electrons. The molecule has 1 N–H and O–H groups in total. The van der Waals surface area contributed by atoms with Crippen molar-refractivity contribution in [2.24, 2.45) is 11.3 Å². The third kappa shape index (κ3) is 3.90. The zero-order chi connectivity index (χ0) is 27.6. The van der Waals surface area contributed by atoms with Crippen molar-refractivity contribution >= 4 is 10.8 Å². The molecule has 6 heteroatoms. The molecule has 0 radical (unpaired) electrons. The Balaban J connectivity index is 1.20. The van der Waals surface area contributed by atoms with Gasteiger partial charge < -0.3 is 14.2 Å². The highest BCUT2D eigenvalue weighted by Gasteiger charge is 2.67. The van der Waals surface area contributed by atoms with Crippen molar-refractivity contribution in [3.63, 3.8) is 0 Å². The zero-order valence-corrected chi connectivity index (χ0v) is 24.4. The van der Waals surface area contributed by atoms with E-state index in [0.717, 1.165) is 38.5 Å². The summed E-state index contributed by atoms with van der Waals surface area (Å²) in [4.78, 5) is 4.39. The predicted molar refractivity (Wildman–Crippen MR) is 155 cm³/mol. The summed E-state index contributed by atoms with van der Waals surface area (Å²) in [5.74, 6) is 1.02. The molecule has 0 unspecified atom stereocenters. The number of allylic oxidation sites excluding steroid dienone is 1. The fourth-order valence-corrected chi connectivity index (χ4v) is 9.64. The highest BCUT2D eigenvalue weighted by atomic mass is 16.6. The Morgan fingerprint density at radius 3 is 2.67 bits per heavy atom. The van der Waals surface area contributed by atoms with E-state index in [1.54, 1.807) is 14.2 Å². The SMILES string of the molecule is COCC[N+](O)(CCOC)[C@H]1CCC2=CC3=CC[C@]4(C)[C@@H](c5ccc6ccncc6c5)CC[C@H]4[C@@]34CC[C@]2(C1)O4. The van der Waals surface area contributed by atoms with Crippen molar-refractivity contribution in [2.75, 3.05) is 40.5 Å².